The van der Waals surface area contributed by atoms with E-state index >= 15 is 0 Å². The molecule has 0 saturated heterocycles. The molecule has 0 aliphatic rings. The minimum atomic E-state index is -3.65. The Labute approximate surface area is 142 Å². The summed E-state index contributed by atoms with van der Waals surface area (Å²) in [5.74, 6) is 0. The second-order valence-corrected chi connectivity index (χ2v) is 8.66. The van der Waals surface area contributed by atoms with Crippen LogP contribution in [0, 0.1) is 0 Å². The molecule has 0 aliphatic heterocycles. The van der Waals surface area contributed by atoms with Gasteiger partial charge >= 0.3 is 0 Å². The van der Waals surface area contributed by atoms with E-state index in [9.17, 15) is 8.42 Å². The molecule has 0 fully saturated rings. The molecule has 0 saturated carbocycles. The van der Waals surface area contributed by atoms with Gasteiger partial charge in [0.1, 0.15) is 0 Å². The summed E-state index contributed by atoms with van der Waals surface area (Å²) >= 11 is 7.09. The van der Waals surface area contributed by atoms with Crippen molar-refractivity contribution >= 4 is 64.7 Å². The molecule has 0 atom stereocenters. The van der Waals surface area contributed by atoms with E-state index < -0.39 is 10.0 Å². The first-order valence-electron chi connectivity index (χ1n) is 5.73. The van der Waals surface area contributed by atoms with Gasteiger partial charge in [-0.1, -0.05) is 11.6 Å². The number of nitrogens with one attached hydrogen (secondary N) is 1. The molecule has 0 aliphatic carbocycles. The monoisotopic (exact) mass is 390 g/mol. The van der Waals surface area contributed by atoms with Gasteiger partial charge < -0.3 is 0 Å². The first kappa shape index (κ1) is 15.6. The first-order chi connectivity index (χ1) is 10.5. The molecule has 1 N–H and O–H groups in total. The maximum absolute atomic E-state index is 12.2. The van der Waals surface area contributed by atoms with Crippen LogP contribution in [0.1, 0.15) is 0 Å². The second kappa shape index (κ2) is 6.42. The number of benzene rings is 1. The fourth-order valence-corrected chi connectivity index (χ4v) is 5.27. The lowest BCUT2D eigenvalue weighted by Gasteiger charge is -2.04. The third-order valence-corrected chi connectivity index (χ3v) is 6.79. The zero-order valence-corrected chi connectivity index (χ0v) is 14.7. The van der Waals surface area contributed by atoms with Gasteiger partial charge in [-0.15, -0.1) is 11.3 Å². The van der Waals surface area contributed by atoms with Crippen molar-refractivity contribution in [3.8, 4) is 0 Å². The molecule has 0 amide bonds. The average molecular weight is 391 g/mol. The summed E-state index contributed by atoms with van der Waals surface area (Å²) in [6.07, 6.45) is 1.53. The van der Waals surface area contributed by atoms with E-state index in [-0.39, 0.29) is 4.90 Å². The minimum Gasteiger partial charge on any atom is -0.255 e. The number of sulfonamides is 1. The maximum Gasteiger partial charge on any atom is 0.263 e. The minimum absolute atomic E-state index is 0.139. The normalized spacial score (nSPS) is 12.5. The van der Waals surface area contributed by atoms with Gasteiger partial charge in [-0.3, -0.25) is 4.72 Å². The van der Waals surface area contributed by atoms with Gasteiger partial charge in [0.2, 0.25) is 0 Å². The predicted molar refractivity (Wildman–Crippen MR) is 89.6 cm³/mol. The Kier molecular flexibility index (Phi) is 4.54. The van der Waals surface area contributed by atoms with Crippen LogP contribution in [0.15, 0.2) is 45.7 Å². The Morgan fingerprint density at radius 2 is 2.00 bits per heavy atom. The molecule has 0 radical (unpaired) electrons. The quantitative estimate of drug-likeness (QED) is 0.692. The molecule has 114 valence electrons. The third kappa shape index (κ3) is 3.52. The molecular weight excluding hydrogens is 384 g/mol. The zero-order valence-electron chi connectivity index (χ0n) is 10.6. The molecule has 3 rings (SSSR count). The highest BCUT2D eigenvalue weighted by molar-refractivity contribution is 7.93. The summed E-state index contributed by atoms with van der Waals surface area (Å²) in [5.41, 5.74) is 0.603. The van der Waals surface area contributed by atoms with Crippen molar-refractivity contribution in [3.05, 3.63) is 45.7 Å². The highest BCUT2D eigenvalue weighted by Gasteiger charge is 2.15. The largest absolute Gasteiger partial charge is 0.263 e. The number of aromatic nitrogens is 2. The van der Waals surface area contributed by atoms with Crippen molar-refractivity contribution in [2.75, 3.05) is 4.72 Å². The lowest BCUT2D eigenvalue weighted by molar-refractivity contribution is 0.601. The standard InChI is InChI=1S/C11H7ClN4O2S4/c12-9-10(20-21-15-9)14-7-1-3-8(4-2-7)22(17,18)16-11-13-5-6-19-11/h1-6H,(H,13,16). The Hall–Kier alpha value is -1.33. The van der Waals surface area contributed by atoms with Crippen LogP contribution in [0.5, 0.6) is 0 Å². The summed E-state index contributed by atoms with van der Waals surface area (Å²) < 4.78 is 31.3. The van der Waals surface area contributed by atoms with E-state index in [1.165, 1.54) is 50.5 Å². The van der Waals surface area contributed by atoms with Gasteiger partial charge in [0, 0.05) is 22.1 Å². The molecule has 22 heavy (non-hydrogen) atoms. The summed E-state index contributed by atoms with van der Waals surface area (Å²) in [6.45, 7) is 0. The van der Waals surface area contributed by atoms with Gasteiger partial charge in [-0.25, -0.2) is 18.4 Å². The van der Waals surface area contributed by atoms with Gasteiger partial charge in [0.25, 0.3) is 10.0 Å². The second-order valence-electron chi connectivity index (χ2n) is 3.89. The smallest absolute Gasteiger partial charge is 0.255 e. The van der Waals surface area contributed by atoms with Crippen LogP contribution < -0.4 is 9.39 Å². The van der Waals surface area contributed by atoms with E-state index in [0.717, 1.165) is 0 Å². The topological polar surface area (TPSA) is 84.3 Å². The van der Waals surface area contributed by atoms with Crippen molar-refractivity contribution in [1.82, 2.24) is 9.36 Å². The fourth-order valence-electron chi connectivity index (χ4n) is 1.49. The highest BCUT2D eigenvalue weighted by atomic mass is 35.5. The van der Waals surface area contributed by atoms with Gasteiger partial charge in [0.15, 0.2) is 15.0 Å². The molecular formula is C11H7ClN4O2S4. The van der Waals surface area contributed by atoms with E-state index in [0.29, 0.717) is 20.6 Å². The SMILES string of the molecule is O=S(=O)(Nc1nccs1)c1ccc(N=c2ssnc2Cl)cc1. The number of halogens is 1. The molecule has 3 aromatic rings. The first-order valence-corrected chi connectivity index (χ1v) is 10.6. The van der Waals surface area contributed by atoms with Crippen LogP contribution in [0.2, 0.25) is 5.15 Å². The summed E-state index contributed by atoms with van der Waals surface area (Å²) in [5, 5.41) is 2.36. The lowest BCUT2D eigenvalue weighted by atomic mass is 10.3. The van der Waals surface area contributed by atoms with E-state index in [1.807, 2.05) is 0 Å². The van der Waals surface area contributed by atoms with E-state index in [1.54, 1.807) is 17.5 Å². The van der Waals surface area contributed by atoms with Crippen molar-refractivity contribution < 1.29 is 8.42 Å². The molecule has 6 nitrogen and oxygen atoms in total. The molecule has 11 heteroatoms. The highest BCUT2D eigenvalue weighted by Crippen LogP contribution is 2.20. The predicted octanol–water partition coefficient (Wildman–Crippen LogP) is 3.35. The number of nitrogens with zero attached hydrogens (tertiary/aromatic N) is 3. The van der Waals surface area contributed by atoms with Crippen molar-refractivity contribution in [3.63, 3.8) is 0 Å². The van der Waals surface area contributed by atoms with Crippen LogP contribution >= 0.6 is 43.8 Å². The Balaban J connectivity index is 1.87. The molecule has 1 aromatic carbocycles. The Morgan fingerprint density at radius 3 is 2.59 bits per heavy atom. The lowest BCUT2D eigenvalue weighted by Crippen LogP contribution is -2.12. The fraction of sp³-hybridized carbons (Fsp3) is 0. The molecule has 0 unspecified atom stereocenters. The summed E-state index contributed by atoms with van der Waals surface area (Å²) in [6, 6.07) is 6.18. The van der Waals surface area contributed by atoms with E-state index in [4.69, 9.17) is 11.6 Å². The van der Waals surface area contributed by atoms with Gasteiger partial charge in [-0.2, -0.15) is 4.37 Å². The number of hydrogen-bond donors (Lipinski definition) is 1. The Bertz CT molecular complexity index is 929. The van der Waals surface area contributed by atoms with Gasteiger partial charge in [0.05, 0.1) is 10.6 Å². The van der Waals surface area contributed by atoms with Crippen LogP contribution in [-0.2, 0) is 10.0 Å². The molecule has 0 spiro atoms. The van der Waals surface area contributed by atoms with Crippen LogP contribution in [-0.4, -0.2) is 17.8 Å². The number of thiazole rings is 1. The Morgan fingerprint density at radius 1 is 1.23 bits per heavy atom. The van der Waals surface area contributed by atoms with Crippen LogP contribution in [0.3, 0.4) is 0 Å². The van der Waals surface area contributed by atoms with Gasteiger partial charge in [-0.05, 0) is 34.6 Å². The van der Waals surface area contributed by atoms with Crippen LogP contribution in [0.25, 0.3) is 0 Å². The molecule has 0 bridgehead atoms. The zero-order chi connectivity index (χ0) is 15.6. The molecule has 2 aromatic heterocycles. The van der Waals surface area contributed by atoms with E-state index in [2.05, 4.69) is 19.1 Å². The number of rotatable bonds is 4. The van der Waals surface area contributed by atoms with Crippen molar-refractivity contribution in [1.29, 1.82) is 0 Å². The van der Waals surface area contributed by atoms with Crippen molar-refractivity contribution in [2.45, 2.75) is 4.90 Å². The number of hydrogen-bond acceptors (Lipinski definition) is 8. The third-order valence-electron chi connectivity index (χ3n) is 2.44. The number of anilines is 1. The maximum atomic E-state index is 12.2. The van der Waals surface area contributed by atoms with Crippen molar-refractivity contribution in [2.24, 2.45) is 4.99 Å². The summed E-state index contributed by atoms with van der Waals surface area (Å²) in [4.78, 5) is 8.34. The molecule has 2 heterocycles. The van der Waals surface area contributed by atoms with Crippen LogP contribution in [0.4, 0.5) is 10.8 Å². The summed E-state index contributed by atoms with van der Waals surface area (Å²) in [7, 11) is -1.05. The average Bonchev–Trinajstić information content (AvgIpc) is 3.12.